The van der Waals surface area contributed by atoms with Crippen LogP contribution >= 0.6 is 0 Å². The number of aromatic nitrogens is 2. The molecule has 0 saturated heterocycles. The van der Waals surface area contributed by atoms with Crippen molar-refractivity contribution in [3.05, 3.63) is 59.9 Å². The fourth-order valence-corrected chi connectivity index (χ4v) is 3.09. The van der Waals surface area contributed by atoms with Crippen LogP contribution in [0.1, 0.15) is 44.2 Å². The molecule has 0 aliphatic rings. The summed E-state index contributed by atoms with van der Waals surface area (Å²) < 4.78 is 2.18. The van der Waals surface area contributed by atoms with Crippen LogP contribution in [0.3, 0.4) is 0 Å². The molecule has 1 heterocycles. The third-order valence-electron chi connectivity index (χ3n) is 4.25. The fraction of sp³-hybridized carbons (Fsp3) is 0.300. The lowest BCUT2D eigenvalue weighted by Gasteiger charge is -2.19. The first-order valence-corrected chi connectivity index (χ1v) is 8.56. The van der Waals surface area contributed by atoms with Crippen LogP contribution in [0.5, 0.6) is 0 Å². The predicted molar refractivity (Wildman–Crippen MR) is 101 cm³/mol. The molecule has 0 saturated carbocycles. The molecule has 0 aliphatic heterocycles. The second kappa shape index (κ2) is 6.97. The lowest BCUT2D eigenvalue weighted by Crippen LogP contribution is -2.30. The topological polar surface area (TPSA) is 72.9 Å². The molecule has 1 atom stereocenters. The summed E-state index contributed by atoms with van der Waals surface area (Å²) >= 11 is 0. The van der Waals surface area contributed by atoms with Gasteiger partial charge in [0.1, 0.15) is 5.82 Å². The van der Waals surface area contributed by atoms with E-state index in [1.165, 1.54) is 0 Å². The first-order chi connectivity index (χ1) is 12.0. The highest BCUT2D eigenvalue weighted by Gasteiger charge is 2.19. The Morgan fingerprint density at radius 1 is 1.12 bits per heavy atom. The van der Waals surface area contributed by atoms with E-state index >= 15 is 0 Å². The van der Waals surface area contributed by atoms with Crippen LogP contribution in [0.15, 0.2) is 48.5 Å². The second-order valence-corrected chi connectivity index (χ2v) is 6.63. The summed E-state index contributed by atoms with van der Waals surface area (Å²) in [5.41, 5.74) is 9.36. The summed E-state index contributed by atoms with van der Waals surface area (Å²) in [6.07, 6.45) is 0.326. The number of hydrogen-bond donors (Lipinski definition) is 2. The Kier molecular flexibility index (Phi) is 4.74. The molecule has 5 nitrogen and oxygen atoms in total. The minimum absolute atomic E-state index is 0.0281. The maximum absolute atomic E-state index is 12.4. The number of carbonyl (C=O) groups excluding carboxylic acids is 1. The molecule has 1 amide bonds. The van der Waals surface area contributed by atoms with Crippen molar-refractivity contribution >= 4 is 22.6 Å². The minimum atomic E-state index is -0.170. The number of fused-ring (bicyclic) bond motifs is 1. The molecule has 1 unspecified atom stereocenters. The zero-order chi connectivity index (χ0) is 18.0. The quantitative estimate of drug-likeness (QED) is 0.699. The van der Waals surface area contributed by atoms with Gasteiger partial charge >= 0.3 is 0 Å². The number of nitrogens with one attached hydrogen (secondary N) is 1. The van der Waals surface area contributed by atoms with E-state index in [-0.39, 0.29) is 18.0 Å². The zero-order valence-corrected chi connectivity index (χ0v) is 14.9. The zero-order valence-electron chi connectivity index (χ0n) is 14.9. The van der Waals surface area contributed by atoms with Crippen molar-refractivity contribution in [2.24, 2.45) is 0 Å². The lowest BCUT2D eigenvalue weighted by molar-refractivity contribution is -0.121. The van der Waals surface area contributed by atoms with Gasteiger partial charge in [0.2, 0.25) is 5.91 Å². The van der Waals surface area contributed by atoms with Gasteiger partial charge in [0, 0.05) is 11.7 Å². The summed E-state index contributed by atoms with van der Waals surface area (Å²) in [6.45, 7) is 6.22. The number of nitrogens with zero attached hydrogens (tertiary/aromatic N) is 2. The van der Waals surface area contributed by atoms with Crippen molar-refractivity contribution in [3.63, 3.8) is 0 Å². The van der Waals surface area contributed by atoms with Crippen molar-refractivity contribution in [2.75, 3.05) is 5.73 Å². The number of imidazole rings is 1. The highest BCUT2D eigenvalue weighted by atomic mass is 16.1. The van der Waals surface area contributed by atoms with Crippen molar-refractivity contribution in [3.8, 4) is 0 Å². The standard InChI is InChI=1S/C20H24N4O/c1-13(2)24-18-7-5-4-6-17(18)23-20(24)14(3)22-19(25)12-15-8-10-16(21)11-9-15/h4-11,13-14H,12,21H2,1-3H3,(H,22,25). The average molecular weight is 336 g/mol. The van der Waals surface area contributed by atoms with E-state index in [9.17, 15) is 4.79 Å². The number of carbonyl (C=O) groups is 1. The van der Waals surface area contributed by atoms with Crippen LogP contribution in [-0.4, -0.2) is 15.5 Å². The van der Waals surface area contributed by atoms with E-state index < -0.39 is 0 Å². The van der Waals surface area contributed by atoms with Gasteiger partial charge < -0.3 is 15.6 Å². The molecule has 5 heteroatoms. The summed E-state index contributed by atoms with van der Waals surface area (Å²) in [5, 5.41) is 3.06. The highest BCUT2D eigenvalue weighted by molar-refractivity contribution is 5.80. The normalized spacial score (nSPS) is 12.5. The number of nitrogen functional groups attached to an aromatic ring is 1. The van der Waals surface area contributed by atoms with Crippen LogP contribution < -0.4 is 11.1 Å². The molecule has 1 aromatic heterocycles. The Morgan fingerprint density at radius 3 is 2.48 bits per heavy atom. The van der Waals surface area contributed by atoms with Gasteiger partial charge in [-0.3, -0.25) is 4.79 Å². The van der Waals surface area contributed by atoms with Gasteiger partial charge in [0.25, 0.3) is 0 Å². The SMILES string of the molecule is CC(NC(=O)Cc1ccc(N)cc1)c1nc2ccccc2n1C(C)C. The first-order valence-electron chi connectivity index (χ1n) is 8.56. The molecule has 3 rings (SSSR count). The van der Waals surface area contributed by atoms with Gasteiger partial charge in [0.15, 0.2) is 0 Å². The molecule has 0 bridgehead atoms. The summed E-state index contributed by atoms with van der Waals surface area (Å²) in [7, 11) is 0. The molecule has 3 N–H and O–H groups in total. The van der Waals surface area contributed by atoms with Crippen molar-refractivity contribution in [1.29, 1.82) is 0 Å². The molecule has 0 spiro atoms. The van der Waals surface area contributed by atoms with E-state index in [0.29, 0.717) is 12.1 Å². The number of anilines is 1. The molecule has 2 aromatic carbocycles. The van der Waals surface area contributed by atoms with Gasteiger partial charge in [-0.1, -0.05) is 24.3 Å². The van der Waals surface area contributed by atoms with Crippen molar-refractivity contribution in [2.45, 2.75) is 39.3 Å². The number of benzene rings is 2. The molecular weight excluding hydrogens is 312 g/mol. The minimum Gasteiger partial charge on any atom is -0.399 e. The maximum atomic E-state index is 12.4. The molecule has 25 heavy (non-hydrogen) atoms. The first kappa shape index (κ1) is 17.0. The molecule has 3 aromatic rings. The second-order valence-electron chi connectivity index (χ2n) is 6.63. The number of para-hydroxylation sites is 2. The van der Waals surface area contributed by atoms with Crippen molar-refractivity contribution < 1.29 is 4.79 Å². The summed E-state index contributed by atoms with van der Waals surface area (Å²) in [5.74, 6) is 0.849. The van der Waals surface area contributed by atoms with Gasteiger partial charge in [0.05, 0.1) is 23.5 Å². The third-order valence-corrected chi connectivity index (χ3v) is 4.25. The Hall–Kier alpha value is -2.82. The Labute approximate surface area is 147 Å². The Morgan fingerprint density at radius 2 is 1.80 bits per heavy atom. The number of amides is 1. The maximum Gasteiger partial charge on any atom is 0.224 e. The summed E-state index contributed by atoms with van der Waals surface area (Å²) in [4.78, 5) is 17.1. The van der Waals surface area contributed by atoms with E-state index in [2.05, 4.69) is 29.8 Å². The van der Waals surface area contributed by atoms with Crippen molar-refractivity contribution in [1.82, 2.24) is 14.9 Å². The van der Waals surface area contributed by atoms with E-state index in [0.717, 1.165) is 22.4 Å². The lowest BCUT2D eigenvalue weighted by atomic mass is 10.1. The monoisotopic (exact) mass is 336 g/mol. The average Bonchev–Trinajstić information content (AvgIpc) is 2.96. The molecule has 0 radical (unpaired) electrons. The van der Waals surface area contributed by atoms with Gasteiger partial charge in [-0.05, 0) is 50.6 Å². The van der Waals surface area contributed by atoms with E-state index in [4.69, 9.17) is 10.7 Å². The largest absolute Gasteiger partial charge is 0.399 e. The molecule has 130 valence electrons. The van der Waals surface area contributed by atoms with Gasteiger partial charge in [-0.2, -0.15) is 0 Å². The van der Waals surface area contributed by atoms with Crippen LogP contribution in [-0.2, 0) is 11.2 Å². The van der Waals surface area contributed by atoms with Gasteiger partial charge in [-0.15, -0.1) is 0 Å². The highest BCUT2D eigenvalue weighted by Crippen LogP contribution is 2.24. The fourth-order valence-electron chi connectivity index (χ4n) is 3.09. The predicted octanol–water partition coefficient (Wildman–Crippen LogP) is 3.62. The number of hydrogen-bond acceptors (Lipinski definition) is 3. The van der Waals surface area contributed by atoms with E-state index in [1.54, 1.807) is 0 Å². The van der Waals surface area contributed by atoms with Crippen LogP contribution in [0.4, 0.5) is 5.69 Å². The summed E-state index contributed by atoms with van der Waals surface area (Å²) in [6, 6.07) is 15.5. The van der Waals surface area contributed by atoms with E-state index in [1.807, 2.05) is 49.4 Å². The third kappa shape index (κ3) is 3.65. The Balaban J connectivity index is 1.79. The van der Waals surface area contributed by atoms with Gasteiger partial charge in [-0.25, -0.2) is 4.98 Å². The van der Waals surface area contributed by atoms with Crippen LogP contribution in [0, 0.1) is 0 Å². The van der Waals surface area contributed by atoms with Crippen LogP contribution in [0.2, 0.25) is 0 Å². The molecule has 0 fully saturated rings. The van der Waals surface area contributed by atoms with Crippen LogP contribution in [0.25, 0.3) is 11.0 Å². The smallest absolute Gasteiger partial charge is 0.224 e. The molecule has 0 aliphatic carbocycles. The molecular formula is C20H24N4O. The number of rotatable bonds is 5. The number of nitrogens with two attached hydrogens (primary N) is 1. The Bertz CT molecular complexity index is 880.